The van der Waals surface area contributed by atoms with Crippen LogP contribution in [0.2, 0.25) is 0 Å². The fourth-order valence-electron chi connectivity index (χ4n) is 0.459. The van der Waals surface area contributed by atoms with Gasteiger partial charge in [-0.3, -0.25) is 0 Å². The molecule has 0 amide bonds. The molecule has 0 aromatic heterocycles. The molecule has 12 heavy (non-hydrogen) atoms. The number of carbonyl (C=O) groups is 1. The van der Waals surface area contributed by atoms with E-state index in [0.717, 1.165) is 12.8 Å². The standard InChI is InChI=1S/C7H14O5/c1-2-3-4-11-12-6-10-5-7(8)9/h2-6H2,1H3,(H,8,9). The molecular formula is C7H14O5. The van der Waals surface area contributed by atoms with E-state index in [1.54, 1.807) is 0 Å². The highest BCUT2D eigenvalue weighted by atomic mass is 17.2. The number of ether oxygens (including phenoxy) is 1. The summed E-state index contributed by atoms with van der Waals surface area (Å²) in [4.78, 5) is 19.1. The maximum Gasteiger partial charge on any atom is 0.329 e. The van der Waals surface area contributed by atoms with Gasteiger partial charge in [-0.05, 0) is 6.42 Å². The zero-order valence-corrected chi connectivity index (χ0v) is 7.12. The average Bonchev–Trinajstić information content (AvgIpc) is 2.02. The Balaban J connectivity index is 2.86. The van der Waals surface area contributed by atoms with Gasteiger partial charge < -0.3 is 9.84 Å². The molecule has 0 aliphatic rings. The number of hydrogen-bond acceptors (Lipinski definition) is 4. The van der Waals surface area contributed by atoms with E-state index in [2.05, 4.69) is 14.5 Å². The van der Waals surface area contributed by atoms with Crippen molar-refractivity contribution in [2.45, 2.75) is 19.8 Å². The van der Waals surface area contributed by atoms with E-state index < -0.39 is 5.97 Å². The minimum Gasteiger partial charge on any atom is -0.480 e. The molecule has 0 heterocycles. The second-order valence-electron chi connectivity index (χ2n) is 2.15. The summed E-state index contributed by atoms with van der Waals surface area (Å²) in [6.07, 6.45) is 1.94. The van der Waals surface area contributed by atoms with Gasteiger partial charge in [0.25, 0.3) is 0 Å². The summed E-state index contributed by atoms with van der Waals surface area (Å²) in [5.41, 5.74) is 0. The highest BCUT2D eigenvalue weighted by Gasteiger charge is 1.95. The second kappa shape index (κ2) is 8.45. The molecule has 72 valence electrons. The van der Waals surface area contributed by atoms with Gasteiger partial charge in [-0.25, -0.2) is 14.6 Å². The summed E-state index contributed by atoms with van der Waals surface area (Å²) >= 11 is 0. The van der Waals surface area contributed by atoms with Crippen molar-refractivity contribution in [3.8, 4) is 0 Å². The van der Waals surface area contributed by atoms with Gasteiger partial charge in [0.1, 0.15) is 6.61 Å². The molecule has 0 bridgehead atoms. The van der Waals surface area contributed by atoms with Crippen LogP contribution in [0.25, 0.3) is 0 Å². The molecule has 1 N–H and O–H groups in total. The predicted molar refractivity (Wildman–Crippen MR) is 40.4 cm³/mol. The molecule has 0 fully saturated rings. The fourth-order valence-corrected chi connectivity index (χ4v) is 0.459. The smallest absolute Gasteiger partial charge is 0.329 e. The lowest BCUT2D eigenvalue weighted by Gasteiger charge is -2.02. The molecule has 0 aromatic rings. The Kier molecular flexibility index (Phi) is 7.99. The molecule has 0 aliphatic heterocycles. The lowest BCUT2D eigenvalue weighted by molar-refractivity contribution is -0.335. The van der Waals surface area contributed by atoms with Crippen molar-refractivity contribution in [2.75, 3.05) is 20.0 Å². The number of carboxylic acid groups (broad SMARTS) is 1. The van der Waals surface area contributed by atoms with Crippen LogP contribution >= 0.6 is 0 Å². The quantitative estimate of drug-likeness (QED) is 0.257. The van der Waals surface area contributed by atoms with Gasteiger partial charge in [-0.1, -0.05) is 13.3 Å². The summed E-state index contributed by atoms with van der Waals surface area (Å²) < 4.78 is 4.53. The molecule has 0 unspecified atom stereocenters. The maximum atomic E-state index is 9.91. The van der Waals surface area contributed by atoms with Crippen molar-refractivity contribution < 1.29 is 24.4 Å². The van der Waals surface area contributed by atoms with Crippen molar-refractivity contribution in [1.82, 2.24) is 0 Å². The van der Waals surface area contributed by atoms with Gasteiger partial charge >= 0.3 is 5.97 Å². The zero-order valence-electron chi connectivity index (χ0n) is 7.12. The van der Waals surface area contributed by atoms with E-state index >= 15 is 0 Å². The first-order valence-corrected chi connectivity index (χ1v) is 3.81. The third kappa shape index (κ3) is 9.35. The first-order chi connectivity index (χ1) is 5.77. The summed E-state index contributed by atoms with van der Waals surface area (Å²) in [5, 5.41) is 8.13. The largest absolute Gasteiger partial charge is 0.480 e. The number of carboxylic acids is 1. The molecule has 0 rings (SSSR count). The lowest BCUT2D eigenvalue weighted by Crippen LogP contribution is -2.10. The molecular weight excluding hydrogens is 164 g/mol. The Labute approximate surface area is 71.2 Å². The first kappa shape index (κ1) is 11.4. The Morgan fingerprint density at radius 3 is 2.75 bits per heavy atom. The number of unbranched alkanes of at least 4 members (excludes halogenated alkanes) is 1. The molecule has 0 aromatic carbocycles. The van der Waals surface area contributed by atoms with Crippen molar-refractivity contribution in [3.05, 3.63) is 0 Å². The highest BCUT2D eigenvalue weighted by molar-refractivity contribution is 5.67. The van der Waals surface area contributed by atoms with Gasteiger partial charge in [0.15, 0.2) is 6.79 Å². The first-order valence-electron chi connectivity index (χ1n) is 3.81. The zero-order chi connectivity index (χ0) is 9.23. The van der Waals surface area contributed by atoms with Crippen LogP contribution in [0.5, 0.6) is 0 Å². The van der Waals surface area contributed by atoms with Crippen LogP contribution in [0.3, 0.4) is 0 Å². The van der Waals surface area contributed by atoms with E-state index in [1.165, 1.54) is 0 Å². The van der Waals surface area contributed by atoms with E-state index in [4.69, 9.17) is 5.11 Å². The monoisotopic (exact) mass is 178 g/mol. The molecule has 0 spiro atoms. The summed E-state index contributed by atoms with van der Waals surface area (Å²) in [6.45, 7) is 2.03. The van der Waals surface area contributed by atoms with E-state index in [1.807, 2.05) is 6.92 Å². The Hall–Kier alpha value is -0.650. The van der Waals surface area contributed by atoms with Gasteiger partial charge in [-0.2, -0.15) is 0 Å². The molecule has 5 nitrogen and oxygen atoms in total. The maximum absolute atomic E-state index is 9.91. The SMILES string of the molecule is CCCCOOCOCC(=O)O. The Morgan fingerprint density at radius 2 is 2.17 bits per heavy atom. The van der Waals surface area contributed by atoms with Crippen LogP contribution in [0.15, 0.2) is 0 Å². The third-order valence-electron chi connectivity index (χ3n) is 1.02. The second-order valence-corrected chi connectivity index (χ2v) is 2.15. The van der Waals surface area contributed by atoms with Crippen LogP contribution < -0.4 is 0 Å². The van der Waals surface area contributed by atoms with E-state index in [-0.39, 0.29) is 13.4 Å². The van der Waals surface area contributed by atoms with Crippen LogP contribution in [-0.4, -0.2) is 31.1 Å². The van der Waals surface area contributed by atoms with Crippen LogP contribution in [0.1, 0.15) is 19.8 Å². The summed E-state index contributed by atoms with van der Waals surface area (Å²) in [6, 6.07) is 0. The van der Waals surface area contributed by atoms with Crippen molar-refractivity contribution >= 4 is 5.97 Å². The Bertz CT molecular complexity index is 114. The van der Waals surface area contributed by atoms with Crippen molar-refractivity contribution in [1.29, 1.82) is 0 Å². The van der Waals surface area contributed by atoms with Gasteiger partial charge in [0, 0.05) is 0 Å². The van der Waals surface area contributed by atoms with Gasteiger partial charge in [-0.15, -0.1) is 0 Å². The van der Waals surface area contributed by atoms with Crippen LogP contribution in [-0.2, 0) is 19.3 Å². The minimum atomic E-state index is -1.02. The molecule has 0 radical (unpaired) electrons. The van der Waals surface area contributed by atoms with E-state index in [0.29, 0.717) is 6.61 Å². The molecule has 5 heteroatoms. The Morgan fingerprint density at radius 1 is 1.42 bits per heavy atom. The summed E-state index contributed by atoms with van der Waals surface area (Å²) in [7, 11) is 0. The third-order valence-corrected chi connectivity index (χ3v) is 1.02. The van der Waals surface area contributed by atoms with Crippen molar-refractivity contribution in [2.24, 2.45) is 0 Å². The molecule has 0 saturated heterocycles. The van der Waals surface area contributed by atoms with Crippen LogP contribution in [0.4, 0.5) is 0 Å². The lowest BCUT2D eigenvalue weighted by atomic mass is 10.4. The normalized spacial score (nSPS) is 10.1. The number of rotatable bonds is 8. The van der Waals surface area contributed by atoms with Crippen molar-refractivity contribution in [3.63, 3.8) is 0 Å². The van der Waals surface area contributed by atoms with E-state index in [9.17, 15) is 4.79 Å². The predicted octanol–water partition coefficient (Wildman–Crippen LogP) is 0.793. The average molecular weight is 178 g/mol. The van der Waals surface area contributed by atoms with Gasteiger partial charge in [0.2, 0.25) is 0 Å². The molecule has 0 aliphatic carbocycles. The minimum absolute atomic E-state index is 0.143. The summed E-state index contributed by atoms with van der Waals surface area (Å²) in [5.74, 6) is -1.02. The molecule has 0 saturated carbocycles. The fraction of sp³-hybridized carbons (Fsp3) is 0.857. The number of aliphatic carboxylic acids is 1. The van der Waals surface area contributed by atoms with Crippen LogP contribution in [0, 0.1) is 0 Å². The highest BCUT2D eigenvalue weighted by Crippen LogP contribution is 1.88. The number of hydrogen-bond donors (Lipinski definition) is 1. The topological polar surface area (TPSA) is 65.0 Å². The van der Waals surface area contributed by atoms with Gasteiger partial charge in [0.05, 0.1) is 6.61 Å². The molecule has 0 atom stereocenters.